The average molecular weight is 417 g/mol. The van der Waals surface area contributed by atoms with Gasteiger partial charge in [-0.25, -0.2) is 4.98 Å². The van der Waals surface area contributed by atoms with E-state index in [-0.39, 0.29) is 35.9 Å². The maximum absolute atomic E-state index is 12.5. The standard InChI is InChI=1S/C21H21F2N3O4/c1-29-17-7-6-14(12-18(17)30-21(22)23)8-10-24-19(27)9-11-26-13-25-16-5-3-2-4-15(16)20(26)28/h2-7,12-13,21H,8-11H2,1H3,(H,24,27). The quantitative estimate of drug-likeness (QED) is 0.579. The minimum Gasteiger partial charge on any atom is -0.493 e. The van der Waals surface area contributed by atoms with Gasteiger partial charge in [-0.2, -0.15) is 8.78 Å². The van der Waals surface area contributed by atoms with Gasteiger partial charge in [-0.15, -0.1) is 0 Å². The Morgan fingerprint density at radius 3 is 2.77 bits per heavy atom. The van der Waals surface area contributed by atoms with E-state index in [4.69, 9.17) is 4.74 Å². The molecule has 0 atom stereocenters. The number of ether oxygens (including phenoxy) is 2. The summed E-state index contributed by atoms with van der Waals surface area (Å²) in [7, 11) is 1.37. The van der Waals surface area contributed by atoms with Crippen LogP contribution < -0.4 is 20.3 Å². The smallest absolute Gasteiger partial charge is 0.387 e. The molecule has 0 radical (unpaired) electrons. The number of aromatic nitrogens is 2. The van der Waals surface area contributed by atoms with Crippen molar-refractivity contribution in [2.75, 3.05) is 13.7 Å². The highest BCUT2D eigenvalue weighted by Gasteiger charge is 2.12. The molecular formula is C21H21F2N3O4. The number of aryl methyl sites for hydroxylation is 1. The first-order valence-electron chi connectivity index (χ1n) is 9.30. The van der Waals surface area contributed by atoms with E-state index in [0.717, 1.165) is 0 Å². The predicted octanol–water partition coefficient (Wildman–Crippen LogP) is 2.76. The fraction of sp³-hybridized carbons (Fsp3) is 0.286. The molecule has 1 heterocycles. The number of carbonyl (C=O) groups excluding carboxylic acids is 1. The Morgan fingerprint density at radius 1 is 1.20 bits per heavy atom. The van der Waals surface area contributed by atoms with Crippen LogP contribution in [0.3, 0.4) is 0 Å². The second-order valence-corrected chi connectivity index (χ2v) is 6.47. The lowest BCUT2D eigenvalue weighted by molar-refractivity contribution is -0.121. The summed E-state index contributed by atoms with van der Waals surface area (Å²) in [5, 5.41) is 3.25. The summed E-state index contributed by atoms with van der Waals surface area (Å²) in [5.41, 5.74) is 1.12. The highest BCUT2D eigenvalue weighted by Crippen LogP contribution is 2.29. The molecule has 2 aromatic carbocycles. The zero-order chi connectivity index (χ0) is 21.5. The first-order chi connectivity index (χ1) is 14.5. The number of para-hydroxylation sites is 1. The molecule has 3 rings (SSSR count). The van der Waals surface area contributed by atoms with Crippen LogP contribution in [0.2, 0.25) is 0 Å². The van der Waals surface area contributed by atoms with Gasteiger partial charge in [0.2, 0.25) is 5.91 Å². The lowest BCUT2D eigenvalue weighted by Crippen LogP contribution is -2.29. The van der Waals surface area contributed by atoms with Gasteiger partial charge in [0.05, 0.1) is 24.3 Å². The minimum atomic E-state index is -2.96. The first kappa shape index (κ1) is 21.2. The topological polar surface area (TPSA) is 82.5 Å². The SMILES string of the molecule is COc1ccc(CCNC(=O)CCn2cnc3ccccc3c2=O)cc1OC(F)F. The summed E-state index contributed by atoms with van der Waals surface area (Å²) < 4.78 is 35.8. The Hall–Kier alpha value is -3.49. The summed E-state index contributed by atoms with van der Waals surface area (Å²) in [5.74, 6) is -0.0790. The number of nitrogens with zero attached hydrogens (tertiary/aromatic N) is 2. The number of rotatable bonds is 9. The monoisotopic (exact) mass is 417 g/mol. The van der Waals surface area contributed by atoms with Gasteiger partial charge in [-0.05, 0) is 36.2 Å². The maximum Gasteiger partial charge on any atom is 0.387 e. The van der Waals surface area contributed by atoms with Crippen LogP contribution in [0.4, 0.5) is 8.78 Å². The maximum atomic E-state index is 12.5. The molecule has 0 bridgehead atoms. The summed E-state index contributed by atoms with van der Waals surface area (Å²) in [6, 6.07) is 11.7. The van der Waals surface area contributed by atoms with Gasteiger partial charge in [-0.3, -0.25) is 14.2 Å². The summed E-state index contributed by atoms with van der Waals surface area (Å²) in [4.78, 5) is 28.7. The molecule has 1 aromatic heterocycles. The average Bonchev–Trinajstić information content (AvgIpc) is 2.73. The number of benzene rings is 2. The molecule has 0 aliphatic heterocycles. The fourth-order valence-electron chi connectivity index (χ4n) is 2.99. The number of halogens is 2. The molecule has 0 aliphatic rings. The van der Waals surface area contributed by atoms with Crippen LogP contribution in [0, 0.1) is 0 Å². The zero-order valence-electron chi connectivity index (χ0n) is 16.3. The van der Waals surface area contributed by atoms with E-state index in [0.29, 0.717) is 29.4 Å². The van der Waals surface area contributed by atoms with Gasteiger partial charge in [0.25, 0.3) is 5.56 Å². The normalized spacial score (nSPS) is 10.9. The third kappa shape index (κ3) is 5.31. The zero-order valence-corrected chi connectivity index (χ0v) is 16.3. The highest BCUT2D eigenvalue weighted by atomic mass is 19.3. The molecule has 158 valence electrons. The second kappa shape index (κ2) is 9.82. The molecule has 0 saturated carbocycles. The Balaban J connectivity index is 1.52. The van der Waals surface area contributed by atoms with Crippen molar-refractivity contribution in [3.05, 3.63) is 64.7 Å². The molecule has 1 amide bonds. The van der Waals surface area contributed by atoms with Gasteiger partial charge in [-0.1, -0.05) is 18.2 Å². The van der Waals surface area contributed by atoms with Crippen LogP contribution in [0.15, 0.2) is 53.6 Å². The highest BCUT2D eigenvalue weighted by molar-refractivity contribution is 5.77. The van der Waals surface area contributed by atoms with E-state index < -0.39 is 6.61 Å². The third-order valence-corrected chi connectivity index (χ3v) is 4.49. The number of carbonyl (C=O) groups is 1. The van der Waals surface area contributed by atoms with Gasteiger partial charge >= 0.3 is 6.61 Å². The van der Waals surface area contributed by atoms with Crippen molar-refractivity contribution in [3.63, 3.8) is 0 Å². The Morgan fingerprint density at radius 2 is 2.00 bits per heavy atom. The van der Waals surface area contributed by atoms with Gasteiger partial charge in [0.15, 0.2) is 11.5 Å². The van der Waals surface area contributed by atoms with Crippen LogP contribution in [0.1, 0.15) is 12.0 Å². The number of nitrogens with one attached hydrogen (secondary N) is 1. The van der Waals surface area contributed by atoms with E-state index in [1.165, 1.54) is 30.1 Å². The van der Waals surface area contributed by atoms with Crippen molar-refractivity contribution >= 4 is 16.8 Å². The van der Waals surface area contributed by atoms with E-state index in [1.54, 1.807) is 30.3 Å². The van der Waals surface area contributed by atoms with E-state index in [9.17, 15) is 18.4 Å². The summed E-state index contributed by atoms with van der Waals surface area (Å²) >= 11 is 0. The Kier molecular flexibility index (Phi) is 6.95. The van der Waals surface area contributed by atoms with E-state index >= 15 is 0 Å². The molecule has 1 N–H and O–H groups in total. The number of methoxy groups -OCH3 is 1. The fourth-order valence-corrected chi connectivity index (χ4v) is 2.99. The molecule has 0 aliphatic carbocycles. The number of amides is 1. The summed E-state index contributed by atoms with van der Waals surface area (Å²) in [6.07, 6.45) is 1.97. The molecule has 0 fully saturated rings. The van der Waals surface area contributed by atoms with Crippen LogP contribution in [-0.2, 0) is 17.8 Å². The van der Waals surface area contributed by atoms with Crippen molar-refractivity contribution in [1.29, 1.82) is 0 Å². The third-order valence-electron chi connectivity index (χ3n) is 4.49. The predicted molar refractivity (Wildman–Crippen MR) is 107 cm³/mol. The minimum absolute atomic E-state index is 0.0560. The van der Waals surface area contributed by atoms with E-state index in [2.05, 4.69) is 15.0 Å². The van der Waals surface area contributed by atoms with Crippen molar-refractivity contribution in [1.82, 2.24) is 14.9 Å². The van der Waals surface area contributed by atoms with Crippen LogP contribution in [-0.4, -0.2) is 35.7 Å². The molecule has 3 aromatic rings. The lowest BCUT2D eigenvalue weighted by Gasteiger charge is -2.12. The van der Waals surface area contributed by atoms with Gasteiger partial charge < -0.3 is 14.8 Å². The van der Waals surface area contributed by atoms with Gasteiger partial charge in [0.1, 0.15) is 0 Å². The molecule has 0 spiro atoms. The van der Waals surface area contributed by atoms with Crippen LogP contribution >= 0.6 is 0 Å². The lowest BCUT2D eigenvalue weighted by atomic mass is 10.1. The van der Waals surface area contributed by atoms with E-state index in [1.807, 2.05) is 0 Å². The Labute approximate surface area is 171 Å². The first-order valence-corrected chi connectivity index (χ1v) is 9.30. The van der Waals surface area contributed by atoms with Gasteiger partial charge in [0, 0.05) is 19.5 Å². The van der Waals surface area contributed by atoms with Crippen molar-refractivity contribution in [2.24, 2.45) is 0 Å². The number of fused-ring (bicyclic) bond motifs is 1. The molecule has 0 unspecified atom stereocenters. The summed E-state index contributed by atoms with van der Waals surface area (Å²) in [6.45, 7) is -2.44. The largest absolute Gasteiger partial charge is 0.493 e. The molecule has 30 heavy (non-hydrogen) atoms. The van der Waals surface area contributed by atoms with Crippen molar-refractivity contribution in [2.45, 2.75) is 26.0 Å². The van der Waals surface area contributed by atoms with Crippen molar-refractivity contribution in [3.8, 4) is 11.5 Å². The number of hydrogen-bond donors (Lipinski definition) is 1. The van der Waals surface area contributed by atoms with Crippen LogP contribution in [0.5, 0.6) is 11.5 Å². The van der Waals surface area contributed by atoms with Crippen LogP contribution in [0.25, 0.3) is 10.9 Å². The molecule has 0 saturated heterocycles. The second-order valence-electron chi connectivity index (χ2n) is 6.47. The number of alkyl halides is 2. The molecule has 7 nitrogen and oxygen atoms in total. The Bertz CT molecular complexity index is 1090. The van der Waals surface area contributed by atoms with Crippen molar-refractivity contribution < 1.29 is 23.0 Å². The molecule has 9 heteroatoms. The number of hydrogen-bond acceptors (Lipinski definition) is 5. The molecular weight excluding hydrogens is 396 g/mol.